The molecule has 1 aromatic rings. The van der Waals surface area contributed by atoms with Crippen LogP contribution in [0.1, 0.15) is 44.7 Å². The lowest BCUT2D eigenvalue weighted by molar-refractivity contribution is 0.463. The molecule has 2 N–H and O–H groups in total. The zero-order valence-corrected chi connectivity index (χ0v) is 21.4. The summed E-state index contributed by atoms with van der Waals surface area (Å²) in [5.41, 5.74) is 2.53. The van der Waals surface area contributed by atoms with Gasteiger partial charge >= 0.3 is 0 Å². The van der Waals surface area contributed by atoms with Gasteiger partial charge in [-0.2, -0.15) is 0 Å². The molecule has 170 valence electrons. The Kier molecular flexibility index (Phi) is 9.67. The van der Waals surface area contributed by atoms with Gasteiger partial charge in [-0.25, -0.2) is 12.7 Å². The van der Waals surface area contributed by atoms with Crippen LogP contribution < -0.4 is 15.5 Å². The maximum Gasteiger partial charge on any atom is 0.211 e. The Bertz CT molecular complexity index is 811. The molecule has 0 saturated carbocycles. The SMILES string of the molecule is CCNC(=NCC1CCN(S(C)(=O)=O)C1)NC(C)c1cccc(N2CCCC2)c1.I. The molecule has 9 heteroatoms. The first kappa shape index (κ1) is 25.2. The smallest absolute Gasteiger partial charge is 0.211 e. The van der Waals surface area contributed by atoms with Crippen LogP contribution in [0.5, 0.6) is 0 Å². The second kappa shape index (κ2) is 11.5. The Morgan fingerprint density at radius 3 is 2.63 bits per heavy atom. The summed E-state index contributed by atoms with van der Waals surface area (Å²) >= 11 is 0. The fourth-order valence-electron chi connectivity index (χ4n) is 4.04. The molecule has 0 bridgehead atoms. The third kappa shape index (κ3) is 6.98. The predicted octanol–water partition coefficient (Wildman–Crippen LogP) is 2.80. The molecule has 7 nitrogen and oxygen atoms in total. The van der Waals surface area contributed by atoms with Crippen LogP contribution in [0.3, 0.4) is 0 Å². The summed E-state index contributed by atoms with van der Waals surface area (Å²) in [5.74, 6) is 1.05. The van der Waals surface area contributed by atoms with Gasteiger partial charge in [0.25, 0.3) is 0 Å². The van der Waals surface area contributed by atoms with Gasteiger partial charge in [0, 0.05) is 45.0 Å². The topological polar surface area (TPSA) is 77.0 Å². The number of nitrogens with one attached hydrogen (secondary N) is 2. The highest BCUT2D eigenvalue weighted by Crippen LogP contribution is 2.24. The minimum atomic E-state index is -3.10. The van der Waals surface area contributed by atoms with E-state index in [1.807, 2.05) is 0 Å². The fourth-order valence-corrected chi connectivity index (χ4v) is 4.96. The average Bonchev–Trinajstić information content (AvgIpc) is 3.38. The summed E-state index contributed by atoms with van der Waals surface area (Å²) in [5, 5.41) is 6.82. The lowest BCUT2D eigenvalue weighted by Gasteiger charge is -2.22. The van der Waals surface area contributed by atoms with Gasteiger partial charge in [0.05, 0.1) is 12.3 Å². The van der Waals surface area contributed by atoms with Crippen LogP contribution in [0.2, 0.25) is 0 Å². The highest BCUT2D eigenvalue weighted by molar-refractivity contribution is 14.0. The van der Waals surface area contributed by atoms with E-state index >= 15 is 0 Å². The van der Waals surface area contributed by atoms with Crippen LogP contribution in [-0.4, -0.2) is 64.2 Å². The van der Waals surface area contributed by atoms with Crippen molar-refractivity contribution in [3.8, 4) is 0 Å². The van der Waals surface area contributed by atoms with Crippen molar-refractivity contribution in [2.45, 2.75) is 39.2 Å². The molecule has 2 heterocycles. The molecule has 0 spiro atoms. The van der Waals surface area contributed by atoms with Crippen molar-refractivity contribution in [2.75, 3.05) is 50.4 Å². The zero-order valence-electron chi connectivity index (χ0n) is 18.3. The first-order chi connectivity index (χ1) is 13.9. The normalized spacial score (nSPS) is 21.4. The maximum atomic E-state index is 11.7. The number of halogens is 1. The van der Waals surface area contributed by atoms with Crippen molar-refractivity contribution in [1.82, 2.24) is 14.9 Å². The van der Waals surface area contributed by atoms with E-state index < -0.39 is 10.0 Å². The molecule has 3 rings (SSSR count). The van der Waals surface area contributed by atoms with Crippen molar-refractivity contribution in [1.29, 1.82) is 0 Å². The molecular formula is C21H36IN5O2S. The third-order valence-electron chi connectivity index (χ3n) is 5.76. The van der Waals surface area contributed by atoms with Crippen molar-refractivity contribution >= 4 is 45.6 Å². The van der Waals surface area contributed by atoms with Gasteiger partial charge in [-0.15, -0.1) is 24.0 Å². The maximum absolute atomic E-state index is 11.7. The number of sulfonamides is 1. The van der Waals surface area contributed by atoms with Crippen LogP contribution >= 0.6 is 24.0 Å². The number of hydrogen-bond acceptors (Lipinski definition) is 4. The predicted molar refractivity (Wildman–Crippen MR) is 135 cm³/mol. The van der Waals surface area contributed by atoms with E-state index in [0.29, 0.717) is 19.6 Å². The van der Waals surface area contributed by atoms with Crippen LogP contribution in [0.25, 0.3) is 0 Å². The summed E-state index contributed by atoms with van der Waals surface area (Å²) in [7, 11) is -3.10. The second-order valence-electron chi connectivity index (χ2n) is 8.15. The summed E-state index contributed by atoms with van der Waals surface area (Å²) in [6.45, 7) is 9.06. The number of aliphatic imine (C=N–C) groups is 1. The molecule has 2 unspecified atom stereocenters. The standard InChI is InChI=1S/C21H35N5O2S.HI/c1-4-22-21(23-15-18-10-13-26(16-18)29(3,27)28)24-17(2)19-8-7-9-20(14-19)25-11-5-6-12-25;/h7-9,14,17-18H,4-6,10-13,15-16H2,1-3H3,(H2,22,23,24);1H. The van der Waals surface area contributed by atoms with Gasteiger partial charge < -0.3 is 15.5 Å². The summed E-state index contributed by atoms with van der Waals surface area (Å²) < 4.78 is 25.0. The fraction of sp³-hybridized carbons (Fsp3) is 0.667. The van der Waals surface area contributed by atoms with E-state index in [1.54, 1.807) is 4.31 Å². The minimum Gasteiger partial charge on any atom is -0.372 e. The Balaban J connectivity index is 0.00000320. The van der Waals surface area contributed by atoms with E-state index in [1.165, 1.54) is 30.3 Å². The Morgan fingerprint density at radius 1 is 1.27 bits per heavy atom. The molecule has 2 atom stereocenters. The highest BCUT2D eigenvalue weighted by Gasteiger charge is 2.28. The highest BCUT2D eigenvalue weighted by atomic mass is 127. The van der Waals surface area contributed by atoms with Crippen LogP contribution in [0.4, 0.5) is 5.69 Å². The summed E-state index contributed by atoms with van der Waals surface area (Å²) in [6, 6.07) is 8.87. The number of benzene rings is 1. The Labute approximate surface area is 198 Å². The molecule has 1 aromatic carbocycles. The first-order valence-electron chi connectivity index (χ1n) is 10.7. The van der Waals surface area contributed by atoms with E-state index in [-0.39, 0.29) is 35.9 Å². The number of anilines is 1. The molecule has 0 amide bonds. The lowest BCUT2D eigenvalue weighted by atomic mass is 10.1. The van der Waals surface area contributed by atoms with Crippen LogP contribution in [0, 0.1) is 5.92 Å². The van der Waals surface area contributed by atoms with E-state index in [0.717, 1.165) is 32.0 Å². The quantitative estimate of drug-likeness (QED) is 0.311. The first-order valence-corrected chi connectivity index (χ1v) is 12.6. The van der Waals surface area contributed by atoms with Crippen LogP contribution in [-0.2, 0) is 10.0 Å². The molecule has 0 aromatic heterocycles. The average molecular weight is 550 g/mol. The van der Waals surface area contributed by atoms with Gasteiger partial charge in [0.2, 0.25) is 10.0 Å². The molecule has 0 radical (unpaired) electrons. The molecule has 2 aliphatic rings. The van der Waals surface area contributed by atoms with Crippen molar-refractivity contribution in [3.05, 3.63) is 29.8 Å². The Hall–Kier alpha value is -1.07. The Morgan fingerprint density at radius 2 is 2.00 bits per heavy atom. The number of rotatable bonds is 7. The number of nitrogens with zero attached hydrogens (tertiary/aromatic N) is 3. The minimum absolute atomic E-state index is 0. The second-order valence-corrected chi connectivity index (χ2v) is 10.1. The van der Waals surface area contributed by atoms with E-state index in [4.69, 9.17) is 4.99 Å². The molecule has 0 aliphatic carbocycles. The zero-order chi connectivity index (χ0) is 20.9. The van der Waals surface area contributed by atoms with Gasteiger partial charge in [-0.3, -0.25) is 4.99 Å². The van der Waals surface area contributed by atoms with Crippen molar-refractivity contribution < 1.29 is 8.42 Å². The number of guanidine groups is 1. The third-order valence-corrected chi connectivity index (χ3v) is 7.03. The molecule has 2 fully saturated rings. The molecule has 2 saturated heterocycles. The van der Waals surface area contributed by atoms with Crippen molar-refractivity contribution in [3.63, 3.8) is 0 Å². The molecule has 2 aliphatic heterocycles. The van der Waals surface area contributed by atoms with Crippen molar-refractivity contribution in [2.24, 2.45) is 10.9 Å². The lowest BCUT2D eigenvalue weighted by Crippen LogP contribution is -2.39. The van der Waals surface area contributed by atoms with E-state index in [9.17, 15) is 8.42 Å². The van der Waals surface area contributed by atoms with E-state index in [2.05, 4.69) is 53.6 Å². The monoisotopic (exact) mass is 549 g/mol. The van der Waals surface area contributed by atoms with Gasteiger partial charge in [-0.05, 0) is 56.7 Å². The number of hydrogen-bond donors (Lipinski definition) is 2. The summed E-state index contributed by atoms with van der Waals surface area (Å²) in [4.78, 5) is 7.19. The molecular weight excluding hydrogens is 513 g/mol. The summed E-state index contributed by atoms with van der Waals surface area (Å²) in [6.07, 6.45) is 4.69. The van der Waals surface area contributed by atoms with Gasteiger partial charge in [0.1, 0.15) is 0 Å². The van der Waals surface area contributed by atoms with Gasteiger partial charge in [0.15, 0.2) is 5.96 Å². The molecule has 30 heavy (non-hydrogen) atoms. The van der Waals surface area contributed by atoms with Gasteiger partial charge in [-0.1, -0.05) is 12.1 Å². The largest absolute Gasteiger partial charge is 0.372 e. The van der Waals surface area contributed by atoms with Crippen LogP contribution in [0.15, 0.2) is 29.3 Å².